The molecular weight excluding hydrogens is 480 g/mol. The van der Waals surface area contributed by atoms with Crippen LogP contribution in [0.25, 0.3) is 0 Å². The number of methoxy groups -OCH3 is 1. The Bertz CT molecular complexity index is 1280. The molecule has 0 aliphatic carbocycles. The van der Waals surface area contributed by atoms with Crippen LogP contribution in [0.5, 0.6) is 17.2 Å². The summed E-state index contributed by atoms with van der Waals surface area (Å²) in [5.74, 6) is 0.966. The Balaban J connectivity index is 1.55. The molecular formula is C24H23ClN2O6S. The van der Waals surface area contributed by atoms with E-state index >= 15 is 0 Å². The molecule has 0 saturated carbocycles. The van der Waals surface area contributed by atoms with E-state index in [1.807, 2.05) is 30.3 Å². The lowest BCUT2D eigenvalue weighted by Crippen LogP contribution is -2.39. The third kappa shape index (κ3) is 5.44. The Kier molecular flexibility index (Phi) is 7.26. The number of fused-ring (bicyclic) bond motifs is 1. The number of hydrogen-bond donors (Lipinski definition) is 1. The standard InChI is InChI=1S/C24H23ClN2O6S/c1-31-21-10-8-19(14-20(21)25)34(29,30)27(12-11-17-5-3-2-4-6-17)15-24(28)26-18-7-9-22-23(13-18)33-16-32-22/h2-10,13-14H,11-12,15-16H2,1H3,(H,26,28). The van der Waals surface area contributed by atoms with Crippen molar-refractivity contribution in [3.05, 3.63) is 77.3 Å². The molecule has 10 heteroatoms. The fourth-order valence-corrected chi connectivity index (χ4v) is 5.22. The minimum absolute atomic E-state index is 0.0257. The number of anilines is 1. The van der Waals surface area contributed by atoms with E-state index in [-0.39, 0.29) is 29.8 Å². The summed E-state index contributed by atoms with van der Waals surface area (Å²) in [5.41, 5.74) is 1.42. The molecule has 8 nitrogen and oxygen atoms in total. The van der Waals surface area contributed by atoms with Crippen molar-refractivity contribution in [3.63, 3.8) is 0 Å². The van der Waals surface area contributed by atoms with Crippen LogP contribution >= 0.6 is 11.6 Å². The van der Waals surface area contributed by atoms with Gasteiger partial charge in [0, 0.05) is 18.3 Å². The quantitative estimate of drug-likeness (QED) is 0.476. The van der Waals surface area contributed by atoms with Gasteiger partial charge in [-0.3, -0.25) is 4.79 Å². The van der Waals surface area contributed by atoms with Gasteiger partial charge in [0.2, 0.25) is 22.7 Å². The number of sulfonamides is 1. The number of nitrogens with zero attached hydrogens (tertiary/aromatic N) is 1. The van der Waals surface area contributed by atoms with Crippen LogP contribution in [0.15, 0.2) is 71.6 Å². The van der Waals surface area contributed by atoms with Crippen molar-refractivity contribution in [3.8, 4) is 17.2 Å². The molecule has 178 valence electrons. The summed E-state index contributed by atoms with van der Waals surface area (Å²) < 4.78 is 43.8. The van der Waals surface area contributed by atoms with Gasteiger partial charge in [-0.25, -0.2) is 8.42 Å². The van der Waals surface area contributed by atoms with Gasteiger partial charge >= 0.3 is 0 Å². The van der Waals surface area contributed by atoms with Crippen molar-refractivity contribution < 1.29 is 27.4 Å². The Labute approximate surface area is 203 Å². The minimum Gasteiger partial charge on any atom is -0.495 e. The number of carbonyl (C=O) groups is 1. The normalized spacial score (nSPS) is 12.6. The molecule has 1 amide bonds. The van der Waals surface area contributed by atoms with Crippen LogP contribution in [0, 0.1) is 0 Å². The molecule has 1 aliphatic heterocycles. The van der Waals surface area contributed by atoms with Crippen molar-refractivity contribution in [2.45, 2.75) is 11.3 Å². The maximum atomic E-state index is 13.5. The summed E-state index contributed by atoms with van der Waals surface area (Å²) in [7, 11) is -2.58. The number of carbonyl (C=O) groups excluding carboxylic acids is 1. The molecule has 0 fully saturated rings. The molecule has 0 radical (unpaired) electrons. The average Bonchev–Trinajstić information content (AvgIpc) is 3.30. The molecule has 3 aromatic carbocycles. The second-order valence-electron chi connectivity index (χ2n) is 7.49. The smallest absolute Gasteiger partial charge is 0.243 e. The second kappa shape index (κ2) is 10.3. The van der Waals surface area contributed by atoms with Crippen LogP contribution in [0.1, 0.15) is 5.56 Å². The topological polar surface area (TPSA) is 94.2 Å². The van der Waals surface area contributed by atoms with Gasteiger partial charge in [0.25, 0.3) is 0 Å². The zero-order chi connectivity index (χ0) is 24.1. The number of amides is 1. The fourth-order valence-electron chi connectivity index (χ4n) is 3.47. The Morgan fingerprint density at radius 1 is 1.06 bits per heavy atom. The third-order valence-corrected chi connectivity index (χ3v) is 7.37. The predicted molar refractivity (Wildman–Crippen MR) is 128 cm³/mol. The Morgan fingerprint density at radius 3 is 2.56 bits per heavy atom. The summed E-state index contributed by atoms with van der Waals surface area (Å²) >= 11 is 6.16. The van der Waals surface area contributed by atoms with Gasteiger partial charge in [-0.15, -0.1) is 0 Å². The van der Waals surface area contributed by atoms with Gasteiger partial charge in [-0.2, -0.15) is 4.31 Å². The summed E-state index contributed by atoms with van der Waals surface area (Å²) in [6.07, 6.45) is 0.432. The lowest BCUT2D eigenvalue weighted by Gasteiger charge is -2.22. The number of halogens is 1. The lowest BCUT2D eigenvalue weighted by molar-refractivity contribution is -0.116. The van der Waals surface area contributed by atoms with Crippen molar-refractivity contribution in [1.82, 2.24) is 4.31 Å². The van der Waals surface area contributed by atoms with Crippen molar-refractivity contribution in [1.29, 1.82) is 0 Å². The van der Waals surface area contributed by atoms with Gasteiger partial charge in [0.15, 0.2) is 11.5 Å². The van der Waals surface area contributed by atoms with Crippen LogP contribution in [0.3, 0.4) is 0 Å². The first-order valence-electron chi connectivity index (χ1n) is 10.4. The Morgan fingerprint density at radius 2 is 1.82 bits per heavy atom. The predicted octanol–water partition coefficient (Wildman–Crippen LogP) is 3.95. The van der Waals surface area contributed by atoms with Gasteiger partial charge in [-0.05, 0) is 42.3 Å². The molecule has 1 aliphatic rings. The molecule has 0 spiro atoms. The first kappa shape index (κ1) is 23.9. The van der Waals surface area contributed by atoms with Gasteiger partial charge < -0.3 is 19.5 Å². The lowest BCUT2D eigenvalue weighted by atomic mass is 10.1. The minimum atomic E-state index is -4.03. The van der Waals surface area contributed by atoms with E-state index < -0.39 is 15.9 Å². The van der Waals surface area contributed by atoms with E-state index in [0.29, 0.717) is 29.4 Å². The molecule has 0 saturated heterocycles. The number of rotatable bonds is 9. The van der Waals surface area contributed by atoms with Crippen LogP contribution in [0.2, 0.25) is 5.02 Å². The van der Waals surface area contributed by atoms with Crippen LogP contribution in [0.4, 0.5) is 5.69 Å². The molecule has 0 aromatic heterocycles. The zero-order valence-electron chi connectivity index (χ0n) is 18.4. The first-order valence-corrected chi connectivity index (χ1v) is 12.3. The molecule has 0 atom stereocenters. The van der Waals surface area contributed by atoms with E-state index in [9.17, 15) is 13.2 Å². The Hall–Kier alpha value is -3.27. The highest BCUT2D eigenvalue weighted by Gasteiger charge is 2.27. The number of benzene rings is 3. The van der Waals surface area contributed by atoms with Gasteiger partial charge in [0.05, 0.1) is 23.6 Å². The second-order valence-corrected chi connectivity index (χ2v) is 9.83. The van der Waals surface area contributed by atoms with E-state index in [0.717, 1.165) is 9.87 Å². The molecule has 0 bridgehead atoms. The van der Waals surface area contributed by atoms with E-state index in [1.165, 1.54) is 25.3 Å². The van der Waals surface area contributed by atoms with Crippen molar-refractivity contribution in [2.24, 2.45) is 0 Å². The highest BCUT2D eigenvalue weighted by molar-refractivity contribution is 7.89. The molecule has 4 rings (SSSR count). The number of nitrogens with one attached hydrogen (secondary N) is 1. The summed E-state index contributed by atoms with van der Waals surface area (Å²) in [5, 5.41) is 2.89. The zero-order valence-corrected chi connectivity index (χ0v) is 19.9. The summed E-state index contributed by atoms with van der Waals surface area (Å²) in [6.45, 7) is -0.166. The van der Waals surface area contributed by atoms with Crippen molar-refractivity contribution >= 4 is 33.2 Å². The maximum absolute atomic E-state index is 13.5. The molecule has 0 unspecified atom stereocenters. The monoisotopic (exact) mass is 502 g/mol. The molecule has 34 heavy (non-hydrogen) atoms. The van der Waals surface area contributed by atoms with Crippen molar-refractivity contribution in [2.75, 3.05) is 32.3 Å². The molecule has 3 aromatic rings. The van der Waals surface area contributed by atoms with E-state index in [1.54, 1.807) is 18.2 Å². The highest BCUT2D eigenvalue weighted by Crippen LogP contribution is 2.34. The molecule has 1 N–H and O–H groups in total. The fraction of sp³-hybridized carbons (Fsp3) is 0.208. The first-order chi connectivity index (χ1) is 16.4. The van der Waals surface area contributed by atoms with Crippen LogP contribution in [-0.2, 0) is 21.2 Å². The van der Waals surface area contributed by atoms with Gasteiger partial charge in [-0.1, -0.05) is 41.9 Å². The van der Waals surface area contributed by atoms with E-state index in [4.69, 9.17) is 25.8 Å². The third-order valence-electron chi connectivity index (χ3n) is 5.23. The van der Waals surface area contributed by atoms with E-state index in [2.05, 4.69) is 5.32 Å². The maximum Gasteiger partial charge on any atom is 0.243 e. The average molecular weight is 503 g/mol. The highest BCUT2D eigenvalue weighted by atomic mass is 35.5. The number of ether oxygens (including phenoxy) is 3. The summed E-state index contributed by atoms with van der Waals surface area (Å²) in [6, 6.07) is 18.6. The van der Waals surface area contributed by atoms with Gasteiger partial charge in [0.1, 0.15) is 5.75 Å². The van der Waals surface area contributed by atoms with Crippen LogP contribution < -0.4 is 19.5 Å². The molecule has 1 heterocycles. The van der Waals surface area contributed by atoms with Crippen LogP contribution in [-0.4, -0.2) is 45.6 Å². The number of hydrogen-bond acceptors (Lipinski definition) is 6. The summed E-state index contributed by atoms with van der Waals surface area (Å²) in [4.78, 5) is 12.8. The SMILES string of the molecule is COc1ccc(S(=O)(=O)N(CCc2ccccc2)CC(=O)Nc2ccc3c(c2)OCO3)cc1Cl. The largest absolute Gasteiger partial charge is 0.495 e.